The summed E-state index contributed by atoms with van der Waals surface area (Å²) in [6.07, 6.45) is 0. The van der Waals surface area contributed by atoms with Gasteiger partial charge in [0.15, 0.2) is 4.77 Å². The van der Waals surface area contributed by atoms with E-state index < -0.39 is 0 Å². The molecule has 0 saturated carbocycles. The SMILES string of the molecule is C.S=c1[nH]c2ccccc2[nH]1. The monoisotopic (exact) mass is 166 g/mol. The molecule has 0 unspecified atom stereocenters. The second-order valence-electron chi connectivity index (χ2n) is 2.12. The highest BCUT2D eigenvalue weighted by Crippen LogP contribution is 2.06. The van der Waals surface area contributed by atoms with Crippen LogP contribution >= 0.6 is 12.2 Å². The standard InChI is InChI=1S/C7H6N2S.CH4/c10-7-8-5-3-1-2-4-6(5)9-7;/h1-4H,(H2,8,9,10);1H4. The highest BCUT2D eigenvalue weighted by atomic mass is 32.1. The number of nitrogens with one attached hydrogen (secondary N) is 2. The summed E-state index contributed by atoms with van der Waals surface area (Å²) in [5.74, 6) is 0. The van der Waals surface area contributed by atoms with E-state index in [4.69, 9.17) is 12.2 Å². The van der Waals surface area contributed by atoms with Crippen LogP contribution in [0, 0.1) is 4.77 Å². The molecule has 0 aliphatic heterocycles. The van der Waals surface area contributed by atoms with Crippen molar-refractivity contribution in [3.8, 4) is 0 Å². The van der Waals surface area contributed by atoms with Gasteiger partial charge in [0.2, 0.25) is 0 Å². The van der Waals surface area contributed by atoms with Gasteiger partial charge in [-0.2, -0.15) is 0 Å². The van der Waals surface area contributed by atoms with Crippen molar-refractivity contribution in [1.29, 1.82) is 0 Å². The number of rotatable bonds is 0. The van der Waals surface area contributed by atoms with Gasteiger partial charge in [0.1, 0.15) is 0 Å². The highest BCUT2D eigenvalue weighted by Gasteiger charge is 1.90. The average molecular weight is 166 g/mol. The van der Waals surface area contributed by atoms with Crippen molar-refractivity contribution in [2.75, 3.05) is 0 Å². The number of para-hydroxylation sites is 2. The van der Waals surface area contributed by atoms with E-state index in [9.17, 15) is 0 Å². The summed E-state index contributed by atoms with van der Waals surface area (Å²) in [4.78, 5) is 6.04. The van der Waals surface area contributed by atoms with Crippen molar-refractivity contribution < 1.29 is 0 Å². The third kappa shape index (κ3) is 1.33. The number of aromatic amines is 2. The lowest BCUT2D eigenvalue weighted by molar-refractivity contribution is 1.30. The van der Waals surface area contributed by atoms with E-state index in [2.05, 4.69) is 9.97 Å². The highest BCUT2D eigenvalue weighted by molar-refractivity contribution is 7.71. The molecule has 1 aromatic carbocycles. The average Bonchev–Trinajstić information content (AvgIpc) is 2.27. The third-order valence-corrected chi connectivity index (χ3v) is 1.63. The Morgan fingerprint density at radius 3 is 1.91 bits per heavy atom. The van der Waals surface area contributed by atoms with Crippen LogP contribution in [-0.2, 0) is 0 Å². The van der Waals surface area contributed by atoms with E-state index in [0.717, 1.165) is 11.0 Å². The number of hydrogen-bond donors (Lipinski definition) is 2. The number of H-pyrrole nitrogens is 2. The van der Waals surface area contributed by atoms with E-state index in [1.54, 1.807) is 0 Å². The zero-order valence-corrected chi connectivity index (χ0v) is 6.03. The van der Waals surface area contributed by atoms with Crippen molar-refractivity contribution in [3.05, 3.63) is 29.0 Å². The van der Waals surface area contributed by atoms with Crippen LogP contribution in [0.3, 0.4) is 0 Å². The molecule has 2 aromatic rings. The molecule has 0 aliphatic carbocycles. The van der Waals surface area contributed by atoms with Crippen LogP contribution in [0.25, 0.3) is 11.0 Å². The maximum atomic E-state index is 4.90. The minimum Gasteiger partial charge on any atom is -0.331 e. The Morgan fingerprint density at radius 1 is 1.00 bits per heavy atom. The minimum absolute atomic E-state index is 0. The van der Waals surface area contributed by atoms with E-state index in [1.165, 1.54) is 0 Å². The summed E-state index contributed by atoms with van der Waals surface area (Å²) in [5.41, 5.74) is 2.13. The van der Waals surface area contributed by atoms with Gasteiger partial charge >= 0.3 is 0 Å². The number of imidazole rings is 1. The fraction of sp³-hybridized carbons (Fsp3) is 0.125. The van der Waals surface area contributed by atoms with Crippen LogP contribution in [0.15, 0.2) is 24.3 Å². The Balaban J connectivity index is 0.000000605. The molecule has 11 heavy (non-hydrogen) atoms. The van der Waals surface area contributed by atoms with Crippen LogP contribution in [0.4, 0.5) is 0 Å². The van der Waals surface area contributed by atoms with Gasteiger partial charge < -0.3 is 9.97 Å². The van der Waals surface area contributed by atoms with Gasteiger partial charge in [-0.05, 0) is 24.4 Å². The van der Waals surface area contributed by atoms with Crippen molar-refractivity contribution >= 4 is 23.3 Å². The van der Waals surface area contributed by atoms with E-state index >= 15 is 0 Å². The molecule has 2 nitrogen and oxygen atoms in total. The maximum absolute atomic E-state index is 4.90. The predicted octanol–water partition coefficient (Wildman–Crippen LogP) is 2.86. The number of benzene rings is 1. The second-order valence-corrected chi connectivity index (χ2v) is 2.53. The zero-order valence-electron chi connectivity index (χ0n) is 5.22. The van der Waals surface area contributed by atoms with Gasteiger partial charge in [-0.3, -0.25) is 0 Å². The summed E-state index contributed by atoms with van der Waals surface area (Å²) in [6, 6.07) is 7.92. The fourth-order valence-electron chi connectivity index (χ4n) is 0.977. The molecule has 58 valence electrons. The maximum Gasteiger partial charge on any atom is 0.175 e. The fourth-order valence-corrected chi connectivity index (χ4v) is 1.20. The van der Waals surface area contributed by atoms with Crippen LogP contribution in [0.2, 0.25) is 0 Å². The molecule has 1 heterocycles. The van der Waals surface area contributed by atoms with Crippen molar-refractivity contribution in [3.63, 3.8) is 0 Å². The van der Waals surface area contributed by atoms with E-state index in [0.29, 0.717) is 4.77 Å². The lowest BCUT2D eigenvalue weighted by Crippen LogP contribution is -1.63. The molecule has 0 aliphatic rings. The zero-order chi connectivity index (χ0) is 6.97. The summed E-state index contributed by atoms with van der Waals surface area (Å²) in [7, 11) is 0. The normalized spacial score (nSPS) is 9.45. The van der Waals surface area contributed by atoms with Crippen LogP contribution in [0.5, 0.6) is 0 Å². The molecule has 1 aromatic heterocycles. The topological polar surface area (TPSA) is 31.6 Å². The molecule has 0 saturated heterocycles. The smallest absolute Gasteiger partial charge is 0.175 e. The molecule has 2 N–H and O–H groups in total. The second kappa shape index (κ2) is 2.88. The Hall–Kier alpha value is -1.09. The molecular formula is C8H10N2S. The van der Waals surface area contributed by atoms with Gasteiger partial charge in [0.25, 0.3) is 0 Å². The Kier molecular flexibility index (Phi) is 2.10. The molecule has 0 spiro atoms. The largest absolute Gasteiger partial charge is 0.331 e. The third-order valence-electron chi connectivity index (χ3n) is 1.42. The van der Waals surface area contributed by atoms with Gasteiger partial charge in [-0.15, -0.1) is 0 Å². The lowest BCUT2D eigenvalue weighted by atomic mass is 10.3. The first-order valence-corrected chi connectivity index (χ1v) is 3.44. The summed E-state index contributed by atoms with van der Waals surface area (Å²) in [6.45, 7) is 0. The van der Waals surface area contributed by atoms with Crippen LogP contribution in [-0.4, -0.2) is 9.97 Å². The predicted molar refractivity (Wildman–Crippen MR) is 50.2 cm³/mol. The Morgan fingerprint density at radius 2 is 1.45 bits per heavy atom. The summed E-state index contributed by atoms with van der Waals surface area (Å²) < 4.78 is 0.682. The molecule has 0 atom stereocenters. The molecule has 0 amide bonds. The van der Waals surface area contributed by atoms with Crippen molar-refractivity contribution in [2.45, 2.75) is 7.43 Å². The van der Waals surface area contributed by atoms with Crippen LogP contribution < -0.4 is 0 Å². The Labute approximate surface area is 70.3 Å². The van der Waals surface area contributed by atoms with Gasteiger partial charge in [0, 0.05) is 0 Å². The molecule has 2 rings (SSSR count). The lowest BCUT2D eigenvalue weighted by Gasteiger charge is -1.82. The minimum atomic E-state index is 0. The molecule has 3 heteroatoms. The van der Waals surface area contributed by atoms with E-state index in [1.807, 2.05) is 24.3 Å². The summed E-state index contributed by atoms with van der Waals surface area (Å²) in [5, 5.41) is 0. The number of fused-ring (bicyclic) bond motifs is 1. The van der Waals surface area contributed by atoms with E-state index in [-0.39, 0.29) is 7.43 Å². The molecule has 0 bridgehead atoms. The molecule has 0 radical (unpaired) electrons. The van der Waals surface area contributed by atoms with Crippen LogP contribution in [0.1, 0.15) is 7.43 Å². The first-order chi connectivity index (χ1) is 4.86. The first kappa shape index (κ1) is 8.01. The molecule has 0 fully saturated rings. The quantitative estimate of drug-likeness (QED) is 0.579. The van der Waals surface area contributed by atoms with Crippen molar-refractivity contribution in [1.82, 2.24) is 9.97 Å². The molecular weight excluding hydrogens is 156 g/mol. The van der Waals surface area contributed by atoms with Gasteiger partial charge in [-0.25, -0.2) is 0 Å². The summed E-state index contributed by atoms with van der Waals surface area (Å²) >= 11 is 4.90. The Bertz CT molecular complexity index is 363. The number of aromatic nitrogens is 2. The van der Waals surface area contributed by atoms with Crippen molar-refractivity contribution in [2.24, 2.45) is 0 Å². The number of hydrogen-bond acceptors (Lipinski definition) is 1. The van der Waals surface area contributed by atoms with Gasteiger partial charge in [-0.1, -0.05) is 19.6 Å². The van der Waals surface area contributed by atoms with Gasteiger partial charge in [0.05, 0.1) is 11.0 Å². The first-order valence-electron chi connectivity index (χ1n) is 3.03.